The molecule has 0 saturated carbocycles. The molecule has 0 atom stereocenters. The first-order valence-electron chi connectivity index (χ1n) is 8.28. The first-order chi connectivity index (χ1) is 12.6. The molecule has 0 unspecified atom stereocenters. The molecule has 0 bridgehead atoms. The van der Waals surface area contributed by atoms with Crippen molar-refractivity contribution in [2.45, 2.75) is 13.3 Å². The van der Waals surface area contributed by atoms with Crippen LogP contribution in [0.4, 0.5) is 0 Å². The van der Waals surface area contributed by atoms with Gasteiger partial charge in [-0.3, -0.25) is 4.79 Å². The summed E-state index contributed by atoms with van der Waals surface area (Å²) in [6, 6.07) is 17.2. The Hall–Kier alpha value is -2.98. The van der Waals surface area contributed by atoms with Crippen LogP contribution in [-0.2, 0) is 6.42 Å². The summed E-state index contributed by atoms with van der Waals surface area (Å²) < 4.78 is 0. The number of pyridine rings is 1. The van der Waals surface area contributed by atoms with Gasteiger partial charge in [-0.05, 0) is 60.5 Å². The van der Waals surface area contributed by atoms with Crippen LogP contribution in [-0.4, -0.2) is 21.2 Å². The Morgan fingerprint density at radius 3 is 2.81 bits per heavy atom. The van der Waals surface area contributed by atoms with Crippen LogP contribution in [0, 0.1) is 6.92 Å². The number of halogens is 1. The Morgan fingerprint density at radius 1 is 1.08 bits per heavy atom. The van der Waals surface area contributed by atoms with Gasteiger partial charge in [0.05, 0.1) is 11.0 Å². The number of aldehydes is 1. The average molecular weight is 362 g/mol. The molecule has 128 valence electrons. The van der Waals surface area contributed by atoms with E-state index in [-0.39, 0.29) is 0 Å². The second-order valence-corrected chi connectivity index (χ2v) is 6.68. The van der Waals surface area contributed by atoms with Crippen molar-refractivity contribution in [3.8, 4) is 11.5 Å². The van der Waals surface area contributed by atoms with Crippen LogP contribution in [0.3, 0.4) is 0 Å². The molecule has 5 heteroatoms. The minimum atomic E-state index is 0.617. The van der Waals surface area contributed by atoms with E-state index in [0.29, 0.717) is 17.8 Å². The molecule has 0 fully saturated rings. The monoisotopic (exact) mass is 361 g/mol. The van der Waals surface area contributed by atoms with E-state index >= 15 is 0 Å². The summed E-state index contributed by atoms with van der Waals surface area (Å²) >= 11 is 6.12. The van der Waals surface area contributed by atoms with Gasteiger partial charge in [0.25, 0.3) is 0 Å². The number of aromatic nitrogens is 3. The van der Waals surface area contributed by atoms with E-state index < -0.39 is 0 Å². The number of nitrogens with one attached hydrogen (secondary N) is 1. The Kier molecular flexibility index (Phi) is 4.27. The van der Waals surface area contributed by atoms with E-state index in [2.05, 4.69) is 16.9 Å². The van der Waals surface area contributed by atoms with Gasteiger partial charge in [0.15, 0.2) is 5.82 Å². The molecule has 0 saturated heterocycles. The van der Waals surface area contributed by atoms with E-state index in [9.17, 15) is 4.79 Å². The Bertz CT molecular complexity index is 1120. The third kappa shape index (κ3) is 3.24. The molecule has 1 N–H and O–H groups in total. The van der Waals surface area contributed by atoms with Gasteiger partial charge in [-0.25, -0.2) is 9.97 Å². The van der Waals surface area contributed by atoms with Crippen molar-refractivity contribution in [3.63, 3.8) is 0 Å². The molecule has 2 aromatic heterocycles. The number of rotatable bonds is 4. The lowest BCUT2D eigenvalue weighted by molar-refractivity contribution is 0.112. The highest BCUT2D eigenvalue weighted by molar-refractivity contribution is 6.30. The molecule has 0 aliphatic rings. The van der Waals surface area contributed by atoms with Crippen molar-refractivity contribution in [1.82, 2.24) is 15.0 Å². The molecule has 4 aromatic rings. The number of carbonyl (C=O) groups excluding carboxylic acids is 1. The fourth-order valence-corrected chi connectivity index (χ4v) is 3.15. The van der Waals surface area contributed by atoms with Crippen molar-refractivity contribution in [3.05, 3.63) is 82.0 Å². The Labute approximate surface area is 155 Å². The molecule has 0 amide bonds. The van der Waals surface area contributed by atoms with Crippen LogP contribution < -0.4 is 0 Å². The zero-order valence-corrected chi connectivity index (χ0v) is 14.9. The van der Waals surface area contributed by atoms with Crippen LogP contribution in [0.1, 0.15) is 27.2 Å². The first-order valence-corrected chi connectivity index (χ1v) is 8.66. The molecule has 0 spiro atoms. The summed E-state index contributed by atoms with van der Waals surface area (Å²) in [4.78, 5) is 23.5. The van der Waals surface area contributed by atoms with Gasteiger partial charge >= 0.3 is 0 Å². The molecular weight excluding hydrogens is 346 g/mol. The topological polar surface area (TPSA) is 58.6 Å². The van der Waals surface area contributed by atoms with Gasteiger partial charge in [0, 0.05) is 22.7 Å². The Balaban J connectivity index is 1.69. The van der Waals surface area contributed by atoms with E-state index in [1.807, 2.05) is 42.5 Å². The smallest absolute Gasteiger partial charge is 0.157 e. The first kappa shape index (κ1) is 16.5. The van der Waals surface area contributed by atoms with Gasteiger partial charge in [-0.1, -0.05) is 23.7 Å². The number of fused-ring (bicyclic) bond motifs is 1. The quantitative estimate of drug-likeness (QED) is 0.521. The van der Waals surface area contributed by atoms with Gasteiger partial charge in [0.2, 0.25) is 0 Å². The summed E-state index contributed by atoms with van der Waals surface area (Å²) in [5, 5.41) is 0.727. The highest BCUT2D eigenvalue weighted by atomic mass is 35.5. The zero-order chi connectivity index (χ0) is 18.1. The zero-order valence-electron chi connectivity index (χ0n) is 14.2. The maximum absolute atomic E-state index is 10.9. The highest BCUT2D eigenvalue weighted by Crippen LogP contribution is 2.22. The number of aromatic amines is 1. The summed E-state index contributed by atoms with van der Waals surface area (Å²) in [6.07, 6.45) is 1.53. The number of carbonyl (C=O) groups is 1. The minimum Gasteiger partial charge on any atom is -0.337 e. The summed E-state index contributed by atoms with van der Waals surface area (Å²) in [6.45, 7) is 2.07. The summed E-state index contributed by atoms with van der Waals surface area (Å²) in [5.41, 5.74) is 6.30. The fraction of sp³-hybridized carbons (Fsp3) is 0.0952. The van der Waals surface area contributed by atoms with Gasteiger partial charge < -0.3 is 4.98 Å². The molecule has 2 heterocycles. The molecule has 0 radical (unpaired) electrons. The number of benzene rings is 2. The van der Waals surface area contributed by atoms with Gasteiger partial charge in [-0.2, -0.15) is 0 Å². The van der Waals surface area contributed by atoms with Crippen LogP contribution in [0.5, 0.6) is 0 Å². The normalized spacial score (nSPS) is 11.0. The standard InChI is InChI=1S/C21H16ClN3O/c1-13-5-7-16(22)10-15(13)11-17-3-2-4-19(23-17)21-24-18-8-6-14(12-26)9-20(18)25-21/h2-10,12H,11H2,1H3,(H,24,25). The second-order valence-electron chi connectivity index (χ2n) is 6.24. The fourth-order valence-electron chi connectivity index (χ4n) is 2.96. The Morgan fingerprint density at radius 2 is 1.96 bits per heavy atom. The lowest BCUT2D eigenvalue weighted by atomic mass is 10.0. The van der Waals surface area contributed by atoms with Crippen molar-refractivity contribution in [2.75, 3.05) is 0 Å². The van der Waals surface area contributed by atoms with Crippen molar-refractivity contribution in [1.29, 1.82) is 0 Å². The van der Waals surface area contributed by atoms with E-state index in [1.54, 1.807) is 12.1 Å². The minimum absolute atomic E-state index is 0.617. The predicted octanol–water partition coefficient (Wildman–Crippen LogP) is 4.99. The molecule has 4 nitrogen and oxygen atoms in total. The maximum Gasteiger partial charge on any atom is 0.157 e. The lowest BCUT2D eigenvalue weighted by Crippen LogP contribution is -1.97. The van der Waals surface area contributed by atoms with E-state index in [4.69, 9.17) is 16.6 Å². The third-order valence-corrected chi connectivity index (χ3v) is 4.61. The average Bonchev–Trinajstić information content (AvgIpc) is 3.08. The number of aryl methyl sites for hydroxylation is 1. The number of hydrogen-bond donors (Lipinski definition) is 1. The molecule has 0 aliphatic carbocycles. The second kappa shape index (κ2) is 6.73. The van der Waals surface area contributed by atoms with Crippen LogP contribution in [0.15, 0.2) is 54.6 Å². The number of hydrogen-bond acceptors (Lipinski definition) is 3. The van der Waals surface area contributed by atoms with Crippen LogP contribution >= 0.6 is 11.6 Å². The molecular formula is C21H16ClN3O. The predicted molar refractivity (Wildman–Crippen MR) is 104 cm³/mol. The summed E-state index contributed by atoms with van der Waals surface area (Å²) in [5.74, 6) is 0.688. The van der Waals surface area contributed by atoms with Crippen LogP contribution in [0.25, 0.3) is 22.6 Å². The van der Waals surface area contributed by atoms with E-state index in [1.165, 1.54) is 5.56 Å². The SMILES string of the molecule is Cc1ccc(Cl)cc1Cc1cccc(-c2nc3ccc(C=O)cc3[nH]2)n1. The van der Waals surface area contributed by atoms with Crippen molar-refractivity contribution < 1.29 is 4.79 Å². The molecule has 4 rings (SSSR count). The molecule has 2 aromatic carbocycles. The van der Waals surface area contributed by atoms with Crippen molar-refractivity contribution in [2.24, 2.45) is 0 Å². The molecule has 26 heavy (non-hydrogen) atoms. The number of imidazole rings is 1. The van der Waals surface area contributed by atoms with Gasteiger partial charge in [-0.15, -0.1) is 0 Å². The van der Waals surface area contributed by atoms with E-state index in [0.717, 1.165) is 39.3 Å². The molecule has 0 aliphatic heterocycles. The lowest BCUT2D eigenvalue weighted by Gasteiger charge is -2.07. The summed E-state index contributed by atoms with van der Waals surface area (Å²) in [7, 11) is 0. The number of H-pyrrole nitrogens is 1. The van der Waals surface area contributed by atoms with Gasteiger partial charge in [0.1, 0.15) is 12.0 Å². The van der Waals surface area contributed by atoms with Crippen LogP contribution in [0.2, 0.25) is 5.02 Å². The maximum atomic E-state index is 10.9. The third-order valence-electron chi connectivity index (χ3n) is 4.37. The highest BCUT2D eigenvalue weighted by Gasteiger charge is 2.09. The largest absolute Gasteiger partial charge is 0.337 e. The number of nitrogens with zero attached hydrogens (tertiary/aromatic N) is 2. The van der Waals surface area contributed by atoms with Crippen molar-refractivity contribution >= 4 is 28.9 Å².